The highest BCUT2D eigenvalue weighted by molar-refractivity contribution is 6.30. The van der Waals surface area contributed by atoms with Gasteiger partial charge in [0.1, 0.15) is 12.1 Å². The summed E-state index contributed by atoms with van der Waals surface area (Å²) in [5.41, 5.74) is 1.05. The molecule has 4 rings (SSSR count). The van der Waals surface area contributed by atoms with Crippen LogP contribution < -0.4 is 15.5 Å². The van der Waals surface area contributed by atoms with Crippen LogP contribution in [0.15, 0.2) is 54.6 Å². The predicted octanol–water partition coefficient (Wildman–Crippen LogP) is 2.71. The van der Waals surface area contributed by atoms with E-state index in [2.05, 4.69) is 15.5 Å². The SMILES string of the molecule is O=C(CN1CN(c2ccccc2)C2(CCNCC2)C1=O)Nc1cccc(Cl)c1. The predicted molar refractivity (Wildman–Crippen MR) is 110 cm³/mol. The lowest BCUT2D eigenvalue weighted by atomic mass is 9.86. The lowest BCUT2D eigenvalue weighted by Crippen LogP contribution is -2.55. The smallest absolute Gasteiger partial charge is 0.250 e. The summed E-state index contributed by atoms with van der Waals surface area (Å²) >= 11 is 5.98. The minimum atomic E-state index is -0.580. The fourth-order valence-electron chi connectivity index (χ4n) is 4.10. The number of piperidine rings is 1. The minimum Gasteiger partial charge on any atom is -0.339 e. The summed E-state index contributed by atoms with van der Waals surface area (Å²) < 4.78 is 0. The van der Waals surface area contributed by atoms with E-state index < -0.39 is 5.54 Å². The molecule has 28 heavy (non-hydrogen) atoms. The molecule has 2 aromatic rings. The molecule has 6 nitrogen and oxygen atoms in total. The quantitative estimate of drug-likeness (QED) is 0.831. The van der Waals surface area contributed by atoms with Crippen molar-refractivity contribution in [1.29, 1.82) is 0 Å². The molecule has 2 aliphatic heterocycles. The van der Waals surface area contributed by atoms with Gasteiger partial charge in [0, 0.05) is 16.4 Å². The topological polar surface area (TPSA) is 64.7 Å². The van der Waals surface area contributed by atoms with Gasteiger partial charge >= 0.3 is 0 Å². The zero-order chi connectivity index (χ0) is 19.6. The number of hydrogen-bond donors (Lipinski definition) is 2. The molecular formula is C21H23ClN4O2. The van der Waals surface area contributed by atoms with Gasteiger partial charge in [-0.3, -0.25) is 9.59 Å². The van der Waals surface area contributed by atoms with Gasteiger partial charge in [0.2, 0.25) is 11.8 Å². The normalized spacial score (nSPS) is 18.5. The van der Waals surface area contributed by atoms with Crippen LogP contribution in [-0.2, 0) is 9.59 Å². The van der Waals surface area contributed by atoms with E-state index in [4.69, 9.17) is 11.6 Å². The van der Waals surface area contributed by atoms with Gasteiger partial charge in [-0.2, -0.15) is 0 Å². The Morgan fingerprint density at radius 2 is 1.86 bits per heavy atom. The molecule has 2 fully saturated rings. The van der Waals surface area contributed by atoms with Crippen LogP contribution in [0.5, 0.6) is 0 Å². The number of anilines is 2. The van der Waals surface area contributed by atoms with Gasteiger partial charge in [-0.05, 0) is 56.3 Å². The molecule has 7 heteroatoms. The molecule has 0 radical (unpaired) electrons. The first kappa shape index (κ1) is 18.8. The third-order valence-corrected chi connectivity index (χ3v) is 5.69. The van der Waals surface area contributed by atoms with E-state index in [9.17, 15) is 9.59 Å². The molecule has 0 unspecified atom stereocenters. The number of nitrogens with one attached hydrogen (secondary N) is 2. The first-order valence-corrected chi connectivity index (χ1v) is 9.84. The number of nitrogens with zero attached hydrogens (tertiary/aromatic N) is 2. The summed E-state index contributed by atoms with van der Waals surface area (Å²) in [5, 5.41) is 6.72. The molecule has 2 aliphatic rings. The van der Waals surface area contributed by atoms with Crippen molar-refractivity contribution in [2.45, 2.75) is 18.4 Å². The van der Waals surface area contributed by atoms with Gasteiger partial charge < -0.3 is 20.4 Å². The van der Waals surface area contributed by atoms with Crippen LogP contribution >= 0.6 is 11.6 Å². The molecule has 0 aromatic heterocycles. The standard InChI is InChI=1S/C21H23ClN4O2/c22-16-5-4-6-17(13-16)24-19(27)14-25-15-26(18-7-2-1-3-8-18)21(20(25)28)9-11-23-12-10-21/h1-8,13,23H,9-12,14-15H2,(H,24,27). The van der Waals surface area contributed by atoms with Gasteiger partial charge in [-0.15, -0.1) is 0 Å². The molecule has 2 N–H and O–H groups in total. The van der Waals surface area contributed by atoms with Crippen LogP contribution in [0, 0.1) is 0 Å². The monoisotopic (exact) mass is 398 g/mol. The van der Waals surface area contributed by atoms with Crippen molar-refractivity contribution < 1.29 is 9.59 Å². The molecule has 2 saturated heterocycles. The second kappa shape index (κ2) is 7.81. The van der Waals surface area contributed by atoms with E-state index in [1.807, 2.05) is 30.3 Å². The summed E-state index contributed by atoms with van der Waals surface area (Å²) in [6.45, 7) is 2.00. The Morgan fingerprint density at radius 1 is 1.11 bits per heavy atom. The van der Waals surface area contributed by atoms with Gasteiger partial charge in [0.05, 0.1) is 6.67 Å². The maximum atomic E-state index is 13.4. The van der Waals surface area contributed by atoms with Gasteiger partial charge in [0.25, 0.3) is 0 Å². The molecule has 1 spiro atoms. The van der Waals surface area contributed by atoms with Crippen LogP contribution in [0.25, 0.3) is 0 Å². The van der Waals surface area contributed by atoms with E-state index in [0.717, 1.165) is 31.6 Å². The summed E-state index contributed by atoms with van der Waals surface area (Å²) in [6, 6.07) is 17.0. The van der Waals surface area contributed by atoms with Crippen LogP contribution in [0.4, 0.5) is 11.4 Å². The van der Waals surface area contributed by atoms with Crippen LogP contribution in [-0.4, -0.2) is 48.6 Å². The van der Waals surface area contributed by atoms with Crippen molar-refractivity contribution >= 4 is 34.8 Å². The number of carbonyl (C=O) groups is 2. The number of rotatable bonds is 4. The Kier molecular flexibility index (Phi) is 5.24. The average molecular weight is 399 g/mol. The Morgan fingerprint density at radius 3 is 2.57 bits per heavy atom. The molecule has 0 aliphatic carbocycles. The maximum Gasteiger partial charge on any atom is 0.250 e. The van der Waals surface area contributed by atoms with Crippen molar-refractivity contribution in [3.63, 3.8) is 0 Å². The van der Waals surface area contributed by atoms with E-state index in [1.54, 1.807) is 29.2 Å². The molecule has 2 amide bonds. The highest BCUT2D eigenvalue weighted by atomic mass is 35.5. The second-order valence-electron chi connectivity index (χ2n) is 7.25. The minimum absolute atomic E-state index is 0.0177. The summed E-state index contributed by atoms with van der Waals surface area (Å²) in [7, 11) is 0. The van der Waals surface area contributed by atoms with Crippen molar-refractivity contribution in [2.24, 2.45) is 0 Å². The molecule has 0 saturated carbocycles. The van der Waals surface area contributed by atoms with E-state index in [0.29, 0.717) is 17.4 Å². The van der Waals surface area contributed by atoms with Crippen LogP contribution in [0.2, 0.25) is 5.02 Å². The number of amides is 2. The van der Waals surface area contributed by atoms with Crippen molar-refractivity contribution in [3.05, 3.63) is 59.6 Å². The van der Waals surface area contributed by atoms with Crippen molar-refractivity contribution in [2.75, 3.05) is 36.5 Å². The largest absolute Gasteiger partial charge is 0.339 e. The van der Waals surface area contributed by atoms with E-state index >= 15 is 0 Å². The zero-order valence-corrected chi connectivity index (χ0v) is 16.3. The molecule has 2 aromatic carbocycles. The Balaban J connectivity index is 1.53. The molecule has 146 valence electrons. The molecule has 0 bridgehead atoms. The Hall–Kier alpha value is -2.57. The first-order chi connectivity index (χ1) is 13.6. The Labute approximate surface area is 169 Å². The first-order valence-electron chi connectivity index (χ1n) is 9.47. The van der Waals surface area contributed by atoms with Gasteiger partial charge in [0.15, 0.2) is 0 Å². The summed E-state index contributed by atoms with van der Waals surface area (Å²) in [6.07, 6.45) is 1.46. The van der Waals surface area contributed by atoms with Crippen LogP contribution in [0.3, 0.4) is 0 Å². The lowest BCUT2D eigenvalue weighted by molar-refractivity contribution is -0.135. The lowest BCUT2D eigenvalue weighted by Gasteiger charge is -2.40. The third-order valence-electron chi connectivity index (χ3n) is 5.46. The zero-order valence-electron chi connectivity index (χ0n) is 15.5. The third kappa shape index (κ3) is 3.57. The van der Waals surface area contributed by atoms with E-state index in [1.165, 1.54) is 0 Å². The molecule has 0 atom stereocenters. The number of benzene rings is 2. The maximum absolute atomic E-state index is 13.4. The van der Waals surface area contributed by atoms with Gasteiger partial charge in [-0.1, -0.05) is 35.9 Å². The molecular weight excluding hydrogens is 376 g/mol. The van der Waals surface area contributed by atoms with Crippen LogP contribution in [0.1, 0.15) is 12.8 Å². The Bertz CT molecular complexity index is 868. The number of hydrogen-bond acceptors (Lipinski definition) is 4. The number of carbonyl (C=O) groups excluding carboxylic acids is 2. The second-order valence-corrected chi connectivity index (χ2v) is 7.68. The summed E-state index contributed by atoms with van der Waals surface area (Å²) in [4.78, 5) is 29.7. The van der Waals surface area contributed by atoms with Crippen molar-refractivity contribution in [3.8, 4) is 0 Å². The van der Waals surface area contributed by atoms with E-state index in [-0.39, 0.29) is 18.4 Å². The highest BCUT2D eigenvalue weighted by Gasteiger charge is 2.53. The van der Waals surface area contributed by atoms with Crippen molar-refractivity contribution in [1.82, 2.24) is 10.2 Å². The summed E-state index contributed by atoms with van der Waals surface area (Å²) in [5.74, 6) is -0.200. The molecule has 2 heterocycles. The highest BCUT2D eigenvalue weighted by Crippen LogP contribution is 2.37. The average Bonchev–Trinajstić information content (AvgIpc) is 2.95. The fourth-order valence-corrected chi connectivity index (χ4v) is 4.29. The number of halogens is 1. The fraction of sp³-hybridized carbons (Fsp3) is 0.333. The number of para-hydroxylation sites is 1. The van der Waals surface area contributed by atoms with Gasteiger partial charge in [-0.25, -0.2) is 0 Å².